The zero-order valence-electron chi connectivity index (χ0n) is 23.2. The number of ether oxygens (including phenoxy) is 2. The second-order valence-corrected chi connectivity index (χ2v) is 9.89. The third-order valence-corrected chi connectivity index (χ3v) is 6.47. The molecule has 0 heterocycles. The van der Waals surface area contributed by atoms with Crippen molar-refractivity contribution < 1.29 is 19.4 Å². The first kappa shape index (κ1) is 32.2. The van der Waals surface area contributed by atoms with Crippen LogP contribution in [0, 0.1) is 0 Å². The van der Waals surface area contributed by atoms with Gasteiger partial charge in [0.05, 0.1) is 19.8 Å². The number of carbonyl (C=O) groups excluding carboxylic acids is 1. The molecule has 36 heavy (non-hydrogen) atoms. The number of hydrogen-bond donors (Lipinski definition) is 1. The lowest BCUT2D eigenvalue weighted by molar-refractivity contribution is -0.137. The van der Waals surface area contributed by atoms with Gasteiger partial charge in [-0.2, -0.15) is 0 Å². The van der Waals surface area contributed by atoms with Gasteiger partial charge < -0.3 is 19.5 Å². The van der Waals surface area contributed by atoms with Crippen molar-refractivity contribution in [2.24, 2.45) is 0 Å². The Bertz CT molecular complexity index is 659. The summed E-state index contributed by atoms with van der Waals surface area (Å²) in [6, 6.07) is 7.81. The quantitative estimate of drug-likeness (QED) is 0.0903. The van der Waals surface area contributed by atoms with Crippen LogP contribution < -0.4 is 4.74 Å². The number of carbonyl (C=O) groups is 1. The Morgan fingerprint density at radius 3 is 1.89 bits per heavy atom. The van der Waals surface area contributed by atoms with Crippen molar-refractivity contribution in [3.63, 3.8) is 0 Å². The maximum absolute atomic E-state index is 11.8. The number of benzene rings is 1. The van der Waals surface area contributed by atoms with E-state index in [0.717, 1.165) is 37.3 Å². The van der Waals surface area contributed by atoms with Gasteiger partial charge >= 0.3 is 5.97 Å². The highest BCUT2D eigenvalue weighted by Crippen LogP contribution is 2.15. The lowest BCUT2D eigenvalue weighted by Gasteiger charge is -2.14. The summed E-state index contributed by atoms with van der Waals surface area (Å²) in [7, 11) is 1.94. The number of unbranched alkanes of at least 4 members (excludes halogenated alkanes) is 13. The Morgan fingerprint density at radius 1 is 0.778 bits per heavy atom. The van der Waals surface area contributed by atoms with Crippen molar-refractivity contribution in [3.8, 4) is 5.75 Å². The summed E-state index contributed by atoms with van der Waals surface area (Å²) in [5, 5.41) is 8.87. The molecule has 0 amide bonds. The molecule has 0 saturated heterocycles. The van der Waals surface area contributed by atoms with E-state index in [1.54, 1.807) is 6.08 Å². The standard InChI is InChI=1S/C31H53NO4/c1-3-4-5-6-7-8-9-10-11-12-13-14-15-16-27-35-30-21-18-29(19-22-30)20-23-31(34)36-28-17-24-32(2)25-26-33/h18-23,33H,3-17,24-28H2,1-2H3/b23-20+. The number of hydrogen-bond acceptors (Lipinski definition) is 5. The summed E-state index contributed by atoms with van der Waals surface area (Å²) >= 11 is 0. The topological polar surface area (TPSA) is 59.0 Å². The fourth-order valence-electron chi connectivity index (χ4n) is 4.16. The van der Waals surface area contributed by atoms with Crippen LogP contribution in [0.1, 0.15) is 109 Å². The summed E-state index contributed by atoms with van der Waals surface area (Å²) in [6.45, 7) is 4.98. The Morgan fingerprint density at radius 2 is 1.33 bits per heavy atom. The highest BCUT2D eigenvalue weighted by atomic mass is 16.5. The fourth-order valence-corrected chi connectivity index (χ4v) is 4.16. The lowest BCUT2D eigenvalue weighted by atomic mass is 10.0. The summed E-state index contributed by atoms with van der Waals surface area (Å²) in [4.78, 5) is 13.8. The Kier molecular flexibility index (Phi) is 21.0. The van der Waals surface area contributed by atoms with Gasteiger partial charge in [-0.25, -0.2) is 4.79 Å². The van der Waals surface area contributed by atoms with Crippen LogP contribution in [0.2, 0.25) is 0 Å². The fraction of sp³-hybridized carbons (Fsp3) is 0.710. The van der Waals surface area contributed by atoms with E-state index < -0.39 is 0 Å². The highest BCUT2D eigenvalue weighted by molar-refractivity contribution is 5.87. The van der Waals surface area contributed by atoms with Crippen LogP contribution >= 0.6 is 0 Å². The molecule has 0 aliphatic heterocycles. The summed E-state index contributed by atoms with van der Waals surface area (Å²) in [5.41, 5.74) is 0.943. The van der Waals surface area contributed by atoms with Crippen molar-refractivity contribution in [2.75, 3.05) is 40.0 Å². The van der Waals surface area contributed by atoms with Crippen molar-refractivity contribution in [1.82, 2.24) is 4.90 Å². The van der Waals surface area contributed by atoms with Gasteiger partial charge in [0.2, 0.25) is 0 Å². The number of nitrogens with zero attached hydrogens (tertiary/aromatic N) is 1. The molecule has 0 unspecified atom stereocenters. The van der Waals surface area contributed by atoms with Gasteiger partial charge in [-0.15, -0.1) is 0 Å². The van der Waals surface area contributed by atoms with Crippen LogP contribution in [0.4, 0.5) is 0 Å². The molecule has 1 N–H and O–H groups in total. The van der Waals surface area contributed by atoms with E-state index in [9.17, 15) is 4.79 Å². The summed E-state index contributed by atoms with van der Waals surface area (Å²) < 4.78 is 11.1. The molecule has 0 spiro atoms. The molecular formula is C31H53NO4. The largest absolute Gasteiger partial charge is 0.494 e. The van der Waals surface area contributed by atoms with Gasteiger partial charge in [-0.1, -0.05) is 103 Å². The highest BCUT2D eigenvalue weighted by Gasteiger charge is 2.01. The van der Waals surface area contributed by atoms with Crippen LogP contribution in [0.5, 0.6) is 5.75 Å². The second-order valence-electron chi connectivity index (χ2n) is 9.89. The molecule has 1 rings (SSSR count). The van der Waals surface area contributed by atoms with Gasteiger partial charge in [0.1, 0.15) is 5.75 Å². The number of esters is 1. The molecule has 0 atom stereocenters. The third-order valence-electron chi connectivity index (χ3n) is 6.47. The minimum atomic E-state index is -0.335. The number of rotatable bonds is 24. The van der Waals surface area contributed by atoms with E-state index in [1.807, 2.05) is 36.2 Å². The number of likely N-dealkylation sites (N-methyl/N-ethyl adjacent to an activating group) is 1. The summed E-state index contributed by atoms with van der Waals surface area (Å²) in [5.74, 6) is 0.536. The predicted molar refractivity (Wildman–Crippen MR) is 151 cm³/mol. The molecule has 5 heteroatoms. The van der Waals surface area contributed by atoms with Gasteiger partial charge in [0.25, 0.3) is 0 Å². The maximum Gasteiger partial charge on any atom is 0.330 e. The van der Waals surface area contributed by atoms with Gasteiger partial charge in [0.15, 0.2) is 0 Å². The van der Waals surface area contributed by atoms with Crippen LogP contribution in [0.3, 0.4) is 0 Å². The molecule has 0 fully saturated rings. The van der Waals surface area contributed by atoms with Crippen LogP contribution in [0.15, 0.2) is 30.3 Å². The van der Waals surface area contributed by atoms with E-state index in [4.69, 9.17) is 14.6 Å². The van der Waals surface area contributed by atoms with Crippen molar-refractivity contribution >= 4 is 12.0 Å². The van der Waals surface area contributed by atoms with Crippen molar-refractivity contribution in [2.45, 2.75) is 103 Å². The Labute approximate surface area is 221 Å². The molecule has 0 aromatic heterocycles. The number of aliphatic hydroxyl groups is 1. The van der Waals surface area contributed by atoms with E-state index in [-0.39, 0.29) is 12.6 Å². The van der Waals surface area contributed by atoms with E-state index >= 15 is 0 Å². The molecule has 0 aliphatic rings. The molecule has 1 aromatic carbocycles. The minimum Gasteiger partial charge on any atom is -0.494 e. The molecule has 5 nitrogen and oxygen atoms in total. The SMILES string of the molecule is CCCCCCCCCCCCCCCCOc1ccc(/C=C/C(=O)OCCCN(C)CCO)cc1. The maximum atomic E-state index is 11.8. The lowest BCUT2D eigenvalue weighted by Crippen LogP contribution is -2.24. The zero-order valence-corrected chi connectivity index (χ0v) is 23.2. The monoisotopic (exact) mass is 503 g/mol. The minimum absolute atomic E-state index is 0.141. The Balaban J connectivity index is 1.99. The number of aliphatic hydroxyl groups excluding tert-OH is 1. The van der Waals surface area contributed by atoms with Crippen LogP contribution in [-0.2, 0) is 9.53 Å². The van der Waals surface area contributed by atoms with E-state index in [0.29, 0.717) is 13.2 Å². The van der Waals surface area contributed by atoms with Gasteiger partial charge in [0, 0.05) is 19.2 Å². The Hall–Kier alpha value is -1.85. The molecular weight excluding hydrogens is 450 g/mol. The van der Waals surface area contributed by atoms with Gasteiger partial charge in [-0.05, 0) is 43.7 Å². The molecule has 0 aliphatic carbocycles. The third kappa shape index (κ3) is 19.4. The molecule has 0 radical (unpaired) electrons. The van der Waals surface area contributed by atoms with Crippen molar-refractivity contribution in [3.05, 3.63) is 35.9 Å². The molecule has 1 aromatic rings. The normalized spacial score (nSPS) is 11.4. The summed E-state index contributed by atoms with van der Waals surface area (Å²) in [6.07, 6.45) is 23.0. The molecule has 0 saturated carbocycles. The molecule has 206 valence electrons. The zero-order chi connectivity index (χ0) is 26.1. The smallest absolute Gasteiger partial charge is 0.330 e. The van der Waals surface area contributed by atoms with Crippen LogP contribution in [0.25, 0.3) is 6.08 Å². The van der Waals surface area contributed by atoms with E-state index in [1.165, 1.54) is 89.5 Å². The van der Waals surface area contributed by atoms with E-state index in [2.05, 4.69) is 6.92 Å². The van der Waals surface area contributed by atoms with Gasteiger partial charge in [-0.3, -0.25) is 0 Å². The molecule has 0 bridgehead atoms. The predicted octanol–water partition coefficient (Wildman–Crippen LogP) is 7.42. The first-order chi connectivity index (χ1) is 17.7. The first-order valence-corrected chi connectivity index (χ1v) is 14.5. The first-order valence-electron chi connectivity index (χ1n) is 14.5. The van der Waals surface area contributed by atoms with Crippen LogP contribution in [-0.4, -0.2) is 55.9 Å². The average Bonchev–Trinajstić information content (AvgIpc) is 2.88. The van der Waals surface area contributed by atoms with Crippen molar-refractivity contribution in [1.29, 1.82) is 0 Å². The second kappa shape index (κ2) is 23.5. The average molecular weight is 504 g/mol.